The zero-order valence-electron chi connectivity index (χ0n) is 10.00. The Morgan fingerprint density at radius 3 is 2.89 bits per heavy atom. The van der Waals surface area contributed by atoms with Crippen molar-refractivity contribution in [2.45, 2.75) is 13.3 Å². The number of nitrogens with zero attached hydrogens (tertiary/aromatic N) is 2. The van der Waals surface area contributed by atoms with Gasteiger partial charge in [-0.05, 0) is 23.3 Å². The van der Waals surface area contributed by atoms with E-state index in [1.54, 1.807) is 11.0 Å². The van der Waals surface area contributed by atoms with Crippen LogP contribution in [0.25, 0.3) is 0 Å². The molecule has 1 aromatic rings. The fourth-order valence-corrected chi connectivity index (χ4v) is 2.17. The van der Waals surface area contributed by atoms with E-state index in [2.05, 4.69) is 12.6 Å². The summed E-state index contributed by atoms with van der Waals surface area (Å²) < 4.78 is 0. The van der Waals surface area contributed by atoms with E-state index in [4.69, 9.17) is 0 Å². The van der Waals surface area contributed by atoms with Gasteiger partial charge in [-0.15, -0.1) is 0 Å². The van der Waals surface area contributed by atoms with Crippen molar-refractivity contribution >= 4 is 29.9 Å². The quantitative estimate of drug-likeness (QED) is 0.515. The van der Waals surface area contributed by atoms with Gasteiger partial charge in [-0.2, -0.15) is 12.6 Å². The van der Waals surface area contributed by atoms with Crippen LogP contribution in [0, 0.1) is 16.0 Å². The summed E-state index contributed by atoms with van der Waals surface area (Å²) in [4.78, 5) is 23.8. The number of nitro benzene ring substituents is 1. The fourth-order valence-electron chi connectivity index (χ4n) is 2.05. The molecule has 0 saturated heterocycles. The molecule has 2 rings (SSSR count). The first-order valence-electron chi connectivity index (χ1n) is 5.71. The van der Waals surface area contributed by atoms with E-state index in [9.17, 15) is 14.9 Å². The first-order chi connectivity index (χ1) is 8.52. The first kappa shape index (κ1) is 12.9. The number of benzene rings is 1. The highest BCUT2D eigenvalue weighted by Crippen LogP contribution is 2.32. The predicted molar refractivity (Wildman–Crippen MR) is 72.2 cm³/mol. The van der Waals surface area contributed by atoms with Gasteiger partial charge in [-0.3, -0.25) is 14.9 Å². The number of amides is 1. The van der Waals surface area contributed by atoms with Gasteiger partial charge in [0.1, 0.15) is 0 Å². The van der Waals surface area contributed by atoms with Gasteiger partial charge in [0.2, 0.25) is 5.91 Å². The van der Waals surface area contributed by atoms with Crippen LogP contribution in [0.3, 0.4) is 0 Å². The van der Waals surface area contributed by atoms with Crippen molar-refractivity contribution in [1.29, 1.82) is 0 Å². The number of hydrogen-bond donors (Lipinski definition) is 1. The Labute approximate surface area is 110 Å². The molecule has 1 aliphatic heterocycles. The Bertz CT molecular complexity index is 504. The van der Waals surface area contributed by atoms with Crippen LogP contribution in [0.1, 0.15) is 12.5 Å². The molecule has 96 valence electrons. The summed E-state index contributed by atoms with van der Waals surface area (Å²) in [5, 5.41) is 10.7. The number of anilines is 1. The van der Waals surface area contributed by atoms with Crippen molar-refractivity contribution in [1.82, 2.24) is 0 Å². The number of carbonyl (C=O) groups excluding carboxylic acids is 1. The number of carbonyl (C=O) groups is 1. The van der Waals surface area contributed by atoms with Gasteiger partial charge in [0.05, 0.1) is 11.3 Å². The molecule has 0 spiro atoms. The zero-order chi connectivity index (χ0) is 13.3. The molecule has 5 nitrogen and oxygen atoms in total. The molecule has 1 amide bonds. The number of nitro groups is 1. The van der Waals surface area contributed by atoms with E-state index < -0.39 is 4.92 Å². The van der Waals surface area contributed by atoms with E-state index in [1.807, 2.05) is 6.92 Å². The number of hydrogen-bond acceptors (Lipinski definition) is 4. The molecule has 0 aliphatic carbocycles. The molecule has 0 N–H and O–H groups in total. The van der Waals surface area contributed by atoms with E-state index in [0.29, 0.717) is 18.2 Å². The molecule has 18 heavy (non-hydrogen) atoms. The maximum atomic E-state index is 11.9. The van der Waals surface area contributed by atoms with E-state index >= 15 is 0 Å². The van der Waals surface area contributed by atoms with Crippen molar-refractivity contribution in [3.05, 3.63) is 33.9 Å². The molecular weight excluding hydrogens is 252 g/mol. The van der Waals surface area contributed by atoms with Crippen molar-refractivity contribution in [3.8, 4) is 0 Å². The second kappa shape index (κ2) is 4.97. The lowest BCUT2D eigenvalue weighted by Gasteiger charge is -2.20. The number of non-ortho nitro benzene ring substituents is 1. The Kier molecular flexibility index (Phi) is 3.56. The summed E-state index contributed by atoms with van der Waals surface area (Å²) >= 11 is 4.20. The zero-order valence-corrected chi connectivity index (χ0v) is 10.9. The SMILES string of the molecule is CC(CS)CN1C(=O)Cc2cc([N+](=O)[O-])ccc21. The third kappa shape index (κ3) is 2.33. The van der Waals surface area contributed by atoms with Crippen LogP contribution in [0.5, 0.6) is 0 Å². The van der Waals surface area contributed by atoms with Crippen LogP contribution < -0.4 is 4.90 Å². The lowest BCUT2D eigenvalue weighted by Crippen LogP contribution is -2.31. The Hall–Kier alpha value is -1.56. The van der Waals surface area contributed by atoms with Gasteiger partial charge in [-0.25, -0.2) is 0 Å². The van der Waals surface area contributed by atoms with Gasteiger partial charge in [0.25, 0.3) is 5.69 Å². The maximum Gasteiger partial charge on any atom is 0.269 e. The average molecular weight is 266 g/mol. The van der Waals surface area contributed by atoms with Crippen molar-refractivity contribution in [3.63, 3.8) is 0 Å². The number of fused-ring (bicyclic) bond motifs is 1. The molecule has 0 bridgehead atoms. The van der Waals surface area contributed by atoms with Gasteiger partial charge in [0, 0.05) is 24.4 Å². The Morgan fingerprint density at radius 1 is 1.56 bits per heavy atom. The standard InChI is InChI=1S/C12H14N2O3S/c1-8(7-18)6-13-11-3-2-10(14(16)17)4-9(11)5-12(13)15/h2-4,8,18H,5-7H2,1H3. The first-order valence-corrected chi connectivity index (χ1v) is 6.34. The van der Waals surface area contributed by atoms with Crippen LogP contribution in [0.15, 0.2) is 18.2 Å². The van der Waals surface area contributed by atoms with Crippen molar-refractivity contribution in [2.24, 2.45) is 5.92 Å². The van der Waals surface area contributed by atoms with Crippen LogP contribution >= 0.6 is 12.6 Å². The summed E-state index contributed by atoms with van der Waals surface area (Å²) in [6.07, 6.45) is 0.246. The Balaban J connectivity index is 2.29. The second-order valence-corrected chi connectivity index (χ2v) is 4.90. The summed E-state index contributed by atoms with van der Waals surface area (Å²) in [5.74, 6) is 0.990. The van der Waals surface area contributed by atoms with Gasteiger partial charge >= 0.3 is 0 Å². The molecule has 0 fully saturated rings. The minimum atomic E-state index is -0.441. The molecule has 0 aromatic heterocycles. The summed E-state index contributed by atoms with van der Waals surface area (Å²) in [7, 11) is 0. The lowest BCUT2D eigenvalue weighted by atomic mass is 10.1. The average Bonchev–Trinajstić information content (AvgIpc) is 2.64. The highest BCUT2D eigenvalue weighted by molar-refractivity contribution is 7.80. The van der Waals surface area contributed by atoms with Crippen LogP contribution in [0.4, 0.5) is 11.4 Å². The van der Waals surface area contributed by atoms with E-state index in [1.165, 1.54) is 12.1 Å². The third-order valence-corrected chi connectivity index (χ3v) is 3.64. The summed E-state index contributed by atoms with van der Waals surface area (Å²) in [6, 6.07) is 4.58. The molecular formula is C12H14N2O3S. The molecule has 6 heteroatoms. The minimum absolute atomic E-state index is 0.000804. The molecule has 1 aliphatic rings. The van der Waals surface area contributed by atoms with Crippen LogP contribution in [-0.2, 0) is 11.2 Å². The highest BCUT2D eigenvalue weighted by atomic mass is 32.1. The molecule has 1 aromatic carbocycles. The molecule has 0 saturated carbocycles. The smallest absolute Gasteiger partial charge is 0.269 e. The van der Waals surface area contributed by atoms with Crippen LogP contribution in [-0.4, -0.2) is 23.1 Å². The fraction of sp³-hybridized carbons (Fsp3) is 0.417. The number of thiol groups is 1. The highest BCUT2D eigenvalue weighted by Gasteiger charge is 2.29. The predicted octanol–water partition coefficient (Wildman–Crippen LogP) is 2.05. The van der Waals surface area contributed by atoms with Gasteiger partial charge in [0.15, 0.2) is 0 Å². The number of rotatable bonds is 4. The van der Waals surface area contributed by atoms with Crippen LogP contribution in [0.2, 0.25) is 0 Å². The van der Waals surface area contributed by atoms with Crippen molar-refractivity contribution in [2.75, 3.05) is 17.2 Å². The van der Waals surface area contributed by atoms with E-state index in [-0.39, 0.29) is 18.0 Å². The Morgan fingerprint density at radius 2 is 2.28 bits per heavy atom. The second-order valence-electron chi connectivity index (χ2n) is 4.54. The lowest BCUT2D eigenvalue weighted by molar-refractivity contribution is -0.384. The monoisotopic (exact) mass is 266 g/mol. The molecule has 1 unspecified atom stereocenters. The third-order valence-electron chi connectivity index (χ3n) is 3.01. The molecule has 1 atom stereocenters. The topological polar surface area (TPSA) is 63.5 Å². The minimum Gasteiger partial charge on any atom is -0.312 e. The molecule has 1 heterocycles. The summed E-state index contributed by atoms with van der Waals surface area (Å²) in [6.45, 7) is 2.62. The largest absolute Gasteiger partial charge is 0.312 e. The van der Waals surface area contributed by atoms with Gasteiger partial charge in [-0.1, -0.05) is 6.92 Å². The molecule has 0 radical (unpaired) electrons. The normalized spacial score (nSPS) is 15.7. The van der Waals surface area contributed by atoms with Gasteiger partial charge < -0.3 is 4.90 Å². The van der Waals surface area contributed by atoms with E-state index in [0.717, 1.165) is 11.3 Å². The maximum absolute atomic E-state index is 11.9. The van der Waals surface area contributed by atoms with Crippen molar-refractivity contribution < 1.29 is 9.72 Å². The summed E-state index contributed by atoms with van der Waals surface area (Å²) in [5.41, 5.74) is 1.56.